The Morgan fingerprint density at radius 1 is 1.29 bits per heavy atom. The first-order valence-corrected chi connectivity index (χ1v) is 4.81. The highest BCUT2D eigenvalue weighted by Gasteiger charge is 2.37. The highest BCUT2D eigenvalue weighted by atomic mass is 16.2. The highest BCUT2D eigenvalue weighted by molar-refractivity contribution is 6.20. The van der Waals surface area contributed by atoms with Crippen LogP contribution in [-0.2, 0) is 6.54 Å². The van der Waals surface area contributed by atoms with E-state index in [2.05, 4.69) is 25.6 Å². The third-order valence-corrected chi connectivity index (χ3v) is 2.42. The van der Waals surface area contributed by atoms with Crippen molar-refractivity contribution >= 4 is 11.8 Å². The lowest BCUT2D eigenvalue weighted by molar-refractivity contribution is 0.0636. The molecular formula is C9H6N6O2. The number of rotatable bonds is 2. The van der Waals surface area contributed by atoms with E-state index < -0.39 is 5.91 Å². The van der Waals surface area contributed by atoms with Crippen LogP contribution in [0.15, 0.2) is 18.3 Å². The smallest absolute Gasteiger partial charge is 0.268 e. The van der Waals surface area contributed by atoms with Crippen molar-refractivity contribution < 1.29 is 9.59 Å². The molecule has 0 atom stereocenters. The van der Waals surface area contributed by atoms with Crippen molar-refractivity contribution in [3.8, 4) is 0 Å². The Morgan fingerprint density at radius 3 is 2.88 bits per heavy atom. The second kappa shape index (κ2) is 3.44. The zero-order chi connectivity index (χ0) is 11.8. The van der Waals surface area contributed by atoms with Crippen LogP contribution in [0.4, 0.5) is 0 Å². The standard InChI is InChI=1S/C9H6N6O2/c16-8-5-2-1-3-10-7(5)9(17)15(8)4-6-11-13-14-12-6/h1-3H,4H2,(H,11,12,13,14). The number of nitrogens with one attached hydrogen (secondary N) is 1. The molecule has 0 spiro atoms. The molecule has 2 aromatic rings. The van der Waals surface area contributed by atoms with E-state index in [1.54, 1.807) is 12.1 Å². The van der Waals surface area contributed by atoms with E-state index in [0.717, 1.165) is 4.90 Å². The quantitative estimate of drug-likeness (QED) is 0.690. The molecule has 0 bridgehead atoms. The molecule has 8 nitrogen and oxygen atoms in total. The Bertz CT molecular complexity index is 558. The number of nitrogens with zero attached hydrogens (tertiary/aromatic N) is 5. The molecule has 0 saturated carbocycles. The van der Waals surface area contributed by atoms with E-state index in [4.69, 9.17) is 0 Å². The Morgan fingerprint density at radius 2 is 2.18 bits per heavy atom. The minimum absolute atomic E-state index is 0.00940. The molecular weight excluding hydrogens is 224 g/mol. The fraction of sp³-hybridized carbons (Fsp3) is 0.111. The maximum atomic E-state index is 11.9. The van der Waals surface area contributed by atoms with Crippen molar-refractivity contribution in [1.82, 2.24) is 30.5 Å². The first-order valence-electron chi connectivity index (χ1n) is 4.81. The predicted octanol–water partition coefficient (Wildman–Crippen LogP) is -0.609. The number of imide groups is 1. The van der Waals surface area contributed by atoms with E-state index in [-0.39, 0.29) is 24.0 Å². The van der Waals surface area contributed by atoms with Crippen LogP contribution < -0.4 is 0 Å². The maximum Gasteiger partial charge on any atom is 0.280 e. The van der Waals surface area contributed by atoms with Gasteiger partial charge in [-0.2, -0.15) is 5.21 Å². The fourth-order valence-corrected chi connectivity index (χ4v) is 1.65. The van der Waals surface area contributed by atoms with Gasteiger partial charge in [-0.1, -0.05) is 5.21 Å². The fourth-order valence-electron chi connectivity index (χ4n) is 1.65. The van der Waals surface area contributed by atoms with Crippen LogP contribution in [0.1, 0.15) is 26.7 Å². The number of hydrogen-bond donors (Lipinski definition) is 1. The van der Waals surface area contributed by atoms with Gasteiger partial charge in [0.15, 0.2) is 5.82 Å². The van der Waals surface area contributed by atoms with Crippen LogP contribution in [0.3, 0.4) is 0 Å². The van der Waals surface area contributed by atoms with Crippen molar-refractivity contribution in [3.05, 3.63) is 35.4 Å². The molecule has 84 valence electrons. The lowest BCUT2D eigenvalue weighted by Gasteiger charge is -2.09. The van der Waals surface area contributed by atoms with Gasteiger partial charge in [0.05, 0.1) is 12.1 Å². The Balaban J connectivity index is 1.95. The van der Waals surface area contributed by atoms with E-state index in [9.17, 15) is 9.59 Å². The van der Waals surface area contributed by atoms with Gasteiger partial charge in [-0.3, -0.25) is 19.5 Å². The highest BCUT2D eigenvalue weighted by Crippen LogP contribution is 2.21. The van der Waals surface area contributed by atoms with E-state index >= 15 is 0 Å². The van der Waals surface area contributed by atoms with Crippen molar-refractivity contribution in [3.63, 3.8) is 0 Å². The number of carbonyl (C=O) groups excluding carboxylic acids is 2. The first kappa shape index (κ1) is 9.58. The molecule has 3 rings (SSSR count). The number of aromatic amines is 1. The number of tetrazole rings is 1. The monoisotopic (exact) mass is 230 g/mol. The zero-order valence-corrected chi connectivity index (χ0v) is 8.49. The zero-order valence-electron chi connectivity index (χ0n) is 8.49. The van der Waals surface area contributed by atoms with Gasteiger partial charge in [-0.05, 0) is 12.1 Å². The molecule has 1 aliphatic heterocycles. The molecule has 0 saturated heterocycles. The predicted molar refractivity (Wildman–Crippen MR) is 52.6 cm³/mol. The number of amides is 2. The minimum atomic E-state index is -0.435. The lowest BCUT2D eigenvalue weighted by Crippen LogP contribution is -2.29. The number of pyridine rings is 1. The number of aromatic nitrogens is 5. The van der Waals surface area contributed by atoms with Crippen LogP contribution >= 0.6 is 0 Å². The molecule has 17 heavy (non-hydrogen) atoms. The molecule has 0 aliphatic carbocycles. The molecule has 0 aromatic carbocycles. The summed E-state index contributed by atoms with van der Waals surface area (Å²) in [7, 11) is 0. The Kier molecular flexibility index (Phi) is 1.94. The summed E-state index contributed by atoms with van der Waals surface area (Å²) in [6.45, 7) is -0.00940. The largest absolute Gasteiger partial charge is 0.280 e. The maximum absolute atomic E-state index is 11.9. The SMILES string of the molecule is O=C1c2cccnc2C(=O)N1Cc1nn[nH]n1. The van der Waals surface area contributed by atoms with E-state index in [0.29, 0.717) is 5.56 Å². The van der Waals surface area contributed by atoms with Gasteiger partial charge in [0, 0.05) is 6.20 Å². The van der Waals surface area contributed by atoms with Crippen LogP contribution in [0, 0.1) is 0 Å². The molecule has 0 unspecified atom stereocenters. The molecule has 2 aromatic heterocycles. The minimum Gasteiger partial charge on any atom is -0.268 e. The van der Waals surface area contributed by atoms with Crippen molar-refractivity contribution in [2.75, 3.05) is 0 Å². The van der Waals surface area contributed by atoms with Crippen LogP contribution in [0.2, 0.25) is 0 Å². The molecule has 0 fully saturated rings. The second-order valence-corrected chi connectivity index (χ2v) is 3.42. The van der Waals surface area contributed by atoms with Crippen molar-refractivity contribution in [2.45, 2.75) is 6.54 Å². The van der Waals surface area contributed by atoms with Crippen molar-refractivity contribution in [2.24, 2.45) is 0 Å². The number of H-pyrrole nitrogens is 1. The van der Waals surface area contributed by atoms with Crippen LogP contribution in [0.5, 0.6) is 0 Å². The van der Waals surface area contributed by atoms with Gasteiger partial charge in [0.2, 0.25) is 0 Å². The lowest BCUT2D eigenvalue weighted by atomic mass is 10.2. The Hall–Kier alpha value is -2.64. The van der Waals surface area contributed by atoms with E-state index in [1.165, 1.54) is 6.20 Å². The van der Waals surface area contributed by atoms with Crippen LogP contribution in [-0.4, -0.2) is 42.3 Å². The molecule has 1 N–H and O–H groups in total. The van der Waals surface area contributed by atoms with Crippen molar-refractivity contribution in [1.29, 1.82) is 0 Å². The summed E-state index contributed by atoms with van der Waals surface area (Å²) >= 11 is 0. The molecule has 2 amide bonds. The van der Waals surface area contributed by atoms with Gasteiger partial charge in [-0.15, -0.1) is 10.2 Å². The Labute approximate surface area is 94.7 Å². The first-order chi connectivity index (χ1) is 8.27. The van der Waals surface area contributed by atoms with Crippen LogP contribution in [0.25, 0.3) is 0 Å². The third-order valence-electron chi connectivity index (χ3n) is 2.42. The number of hydrogen-bond acceptors (Lipinski definition) is 6. The summed E-state index contributed by atoms with van der Waals surface area (Å²) in [5.74, 6) is -0.544. The second-order valence-electron chi connectivity index (χ2n) is 3.42. The van der Waals surface area contributed by atoms with Gasteiger partial charge < -0.3 is 0 Å². The van der Waals surface area contributed by atoms with Gasteiger partial charge in [0.1, 0.15) is 5.69 Å². The van der Waals surface area contributed by atoms with Gasteiger partial charge >= 0.3 is 0 Å². The average Bonchev–Trinajstić information content (AvgIpc) is 2.94. The number of carbonyl (C=O) groups is 2. The summed E-state index contributed by atoms with van der Waals surface area (Å²) < 4.78 is 0. The summed E-state index contributed by atoms with van der Waals surface area (Å²) in [6.07, 6.45) is 1.47. The molecule has 8 heteroatoms. The summed E-state index contributed by atoms with van der Waals surface area (Å²) in [5, 5.41) is 13.0. The number of fused-ring (bicyclic) bond motifs is 1. The topological polar surface area (TPSA) is 105 Å². The normalized spacial score (nSPS) is 14.2. The van der Waals surface area contributed by atoms with Gasteiger partial charge in [-0.25, -0.2) is 0 Å². The molecule has 1 aliphatic rings. The van der Waals surface area contributed by atoms with E-state index in [1.807, 2.05) is 0 Å². The molecule has 0 radical (unpaired) electrons. The summed E-state index contributed by atoms with van der Waals surface area (Å²) in [6, 6.07) is 3.18. The van der Waals surface area contributed by atoms with Gasteiger partial charge in [0.25, 0.3) is 11.8 Å². The summed E-state index contributed by atoms with van der Waals surface area (Å²) in [5.41, 5.74) is 0.474. The third kappa shape index (κ3) is 1.38. The summed E-state index contributed by atoms with van der Waals surface area (Å²) in [4.78, 5) is 28.7. The average molecular weight is 230 g/mol. The molecule has 3 heterocycles.